The van der Waals surface area contributed by atoms with Crippen LogP contribution >= 0.6 is 11.3 Å². The normalized spacial score (nSPS) is 14.1. The average Bonchev–Trinajstić information content (AvgIpc) is 3.36. The lowest BCUT2D eigenvalue weighted by molar-refractivity contribution is -0.380. The first kappa shape index (κ1) is 24.4. The molecule has 10 nitrogen and oxygen atoms in total. The zero-order valence-electron chi connectivity index (χ0n) is 18.7. The molecule has 0 aliphatic carbocycles. The van der Waals surface area contributed by atoms with Crippen molar-refractivity contribution in [2.45, 2.75) is 12.6 Å². The van der Waals surface area contributed by atoms with E-state index in [0.29, 0.717) is 22.6 Å². The number of carbonyl (C=O) groups is 2. The van der Waals surface area contributed by atoms with E-state index in [4.69, 9.17) is 9.47 Å². The van der Waals surface area contributed by atoms with Crippen molar-refractivity contribution in [3.8, 4) is 11.5 Å². The third-order valence-electron chi connectivity index (χ3n) is 5.40. The fourth-order valence-corrected chi connectivity index (χ4v) is 5.59. The lowest BCUT2D eigenvalue weighted by atomic mass is 10.1. The molecule has 0 saturated carbocycles. The minimum Gasteiger partial charge on any atom is -0.493 e. The summed E-state index contributed by atoms with van der Waals surface area (Å²) in [5.74, 6) is -1.61. The van der Waals surface area contributed by atoms with Crippen molar-refractivity contribution < 1.29 is 32.4 Å². The maximum atomic E-state index is 13.2. The number of methoxy groups -OCH3 is 1. The molecule has 0 bridgehead atoms. The van der Waals surface area contributed by atoms with Crippen LogP contribution in [0.5, 0.6) is 11.5 Å². The van der Waals surface area contributed by atoms with Crippen molar-refractivity contribution in [2.75, 3.05) is 19.1 Å². The van der Waals surface area contributed by atoms with Crippen molar-refractivity contribution in [3.05, 3.63) is 86.3 Å². The monoisotopic (exact) mass is 516 g/mol. The standard InChI is InChI=1S/C23H20N2O8S2/c1-32-18-9-8-15(10-19(18)33-11-14-6-4-3-5-7-14)17(13-35(2,30)31)24-21(26)16-12-34-23(25(28)29)20(16)22(24)27/h3-10,12,17H,11,13H2,1-2H3. The summed E-state index contributed by atoms with van der Waals surface area (Å²) >= 11 is 0.680. The molecule has 1 atom stereocenters. The summed E-state index contributed by atoms with van der Waals surface area (Å²) in [5, 5.41) is 12.1. The number of imide groups is 1. The minimum absolute atomic E-state index is 0.112. The number of nitrogens with zero attached hydrogens (tertiary/aromatic N) is 2. The molecule has 35 heavy (non-hydrogen) atoms. The number of benzene rings is 2. The van der Waals surface area contributed by atoms with Gasteiger partial charge in [0.1, 0.15) is 22.0 Å². The van der Waals surface area contributed by atoms with Gasteiger partial charge in [0.25, 0.3) is 11.8 Å². The van der Waals surface area contributed by atoms with E-state index >= 15 is 0 Å². The molecule has 2 aromatic carbocycles. The number of fused-ring (bicyclic) bond motifs is 1. The lowest BCUT2D eigenvalue weighted by Gasteiger charge is -2.27. The summed E-state index contributed by atoms with van der Waals surface area (Å²) in [6.07, 6.45) is 0.985. The first-order chi connectivity index (χ1) is 16.6. The summed E-state index contributed by atoms with van der Waals surface area (Å²) in [4.78, 5) is 37.7. The molecule has 182 valence electrons. The van der Waals surface area contributed by atoms with Crippen molar-refractivity contribution in [2.24, 2.45) is 0 Å². The van der Waals surface area contributed by atoms with Gasteiger partial charge in [0.2, 0.25) is 0 Å². The Kier molecular flexibility index (Phi) is 6.59. The number of hydrogen-bond acceptors (Lipinski definition) is 9. The van der Waals surface area contributed by atoms with Gasteiger partial charge in [0, 0.05) is 11.6 Å². The maximum Gasteiger partial charge on any atom is 0.337 e. The Morgan fingerprint density at radius 3 is 2.43 bits per heavy atom. The van der Waals surface area contributed by atoms with Crippen LogP contribution in [0.15, 0.2) is 53.9 Å². The molecule has 0 radical (unpaired) electrons. The molecular formula is C23H20N2O8S2. The number of amides is 2. The van der Waals surface area contributed by atoms with E-state index in [1.807, 2.05) is 30.3 Å². The topological polar surface area (TPSA) is 133 Å². The first-order valence-corrected chi connectivity index (χ1v) is 13.2. The van der Waals surface area contributed by atoms with E-state index in [2.05, 4.69) is 0 Å². The fourth-order valence-electron chi connectivity index (χ4n) is 3.83. The van der Waals surface area contributed by atoms with Gasteiger partial charge in [0.15, 0.2) is 11.5 Å². The van der Waals surface area contributed by atoms with Crippen molar-refractivity contribution in [1.82, 2.24) is 4.90 Å². The van der Waals surface area contributed by atoms with E-state index in [1.165, 1.54) is 24.6 Å². The van der Waals surface area contributed by atoms with E-state index in [-0.39, 0.29) is 23.5 Å². The summed E-state index contributed by atoms with van der Waals surface area (Å²) in [6, 6.07) is 12.7. The lowest BCUT2D eigenvalue weighted by Crippen LogP contribution is -2.38. The Balaban J connectivity index is 1.74. The quantitative estimate of drug-likeness (QED) is 0.239. The zero-order chi connectivity index (χ0) is 25.3. The smallest absolute Gasteiger partial charge is 0.337 e. The molecule has 0 spiro atoms. The van der Waals surface area contributed by atoms with Gasteiger partial charge in [-0.05, 0) is 23.3 Å². The number of thiophene rings is 1. The molecule has 4 rings (SSSR count). The molecular weight excluding hydrogens is 496 g/mol. The molecule has 0 N–H and O–H groups in total. The number of hydrogen-bond donors (Lipinski definition) is 0. The van der Waals surface area contributed by atoms with Crippen LogP contribution in [0.2, 0.25) is 0 Å². The van der Waals surface area contributed by atoms with Crippen LogP contribution in [0, 0.1) is 10.1 Å². The van der Waals surface area contributed by atoms with E-state index in [0.717, 1.165) is 16.7 Å². The summed E-state index contributed by atoms with van der Waals surface area (Å²) in [7, 11) is -2.24. The van der Waals surface area contributed by atoms with Crippen LogP contribution in [0.4, 0.5) is 5.00 Å². The number of sulfone groups is 1. The third-order valence-corrected chi connectivity index (χ3v) is 7.25. The number of ether oxygens (including phenoxy) is 2. The molecule has 3 aromatic rings. The SMILES string of the molecule is COc1ccc(C(CS(C)(=O)=O)N2C(=O)c3csc([N+](=O)[O-])c3C2=O)cc1OCc1ccccc1. The van der Waals surface area contributed by atoms with Crippen molar-refractivity contribution >= 4 is 38.0 Å². The Labute approximate surface area is 204 Å². The molecule has 1 aliphatic rings. The van der Waals surface area contributed by atoms with Gasteiger partial charge >= 0.3 is 5.00 Å². The molecule has 12 heteroatoms. The van der Waals surface area contributed by atoms with E-state index in [9.17, 15) is 28.1 Å². The highest BCUT2D eigenvalue weighted by Gasteiger charge is 2.47. The fraction of sp³-hybridized carbons (Fsp3) is 0.217. The predicted molar refractivity (Wildman–Crippen MR) is 128 cm³/mol. The Morgan fingerprint density at radius 1 is 1.09 bits per heavy atom. The molecule has 0 fully saturated rings. The van der Waals surface area contributed by atoms with Gasteiger partial charge in [-0.25, -0.2) is 8.42 Å². The van der Waals surface area contributed by atoms with Crippen molar-refractivity contribution in [3.63, 3.8) is 0 Å². The molecule has 1 aromatic heterocycles. The Morgan fingerprint density at radius 2 is 1.80 bits per heavy atom. The summed E-state index contributed by atoms with van der Waals surface area (Å²) in [6.45, 7) is 0.197. The van der Waals surface area contributed by atoms with Crippen LogP contribution < -0.4 is 9.47 Å². The highest BCUT2D eigenvalue weighted by molar-refractivity contribution is 7.90. The van der Waals surface area contributed by atoms with Gasteiger partial charge in [-0.15, -0.1) is 0 Å². The van der Waals surface area contributed by atoms with Gasteiger partial charge in [-0.3, -0.25) is 24.6 Å². The molecule has 0 saturated heterocycles. The largest absolute Gasteiger partial charge is 0.493 e. The van der Waals surface area contributed by atoms with Gasteiger partial charge in [-0.2, -0.15) is 0 Å². The van der Waals surface area contributed by atoms with Crippen LogP contribution in [-0.4, -0.2) is 49.2 Å². The number of nitro groups is 1. The second kappa shape index (κ2) is 9.47. The van der Waals surface area contributed by atoms with E-state index < -0.39 is 43.4 Å². The second-order valence-corrected chi connectivity index (χ2v) is 10.9. The van der Waals surface area contributed by atoms with Crippen LogP contribution in [0.1, 0.15) is 37.9 Å². The molecule has 1 unspecified atom stereocenters. The third kappa shape index (κ3) is 4.88. The molecule has 2 heterocycles. The van der Waals surface area contributed by atoms with Crippen LogP contribution in [0.25, 0.3) is 0 Å². The molecule has 1 aliphatic heterocycles. The van der Waals surface area contributed by atoms with E-state index in [1.54, 1.807) is 6.07 Å². The van der Waals surface area contributed by atoms with Gasteiger partial charge in [0.05, 0.1) is 29.4 Å². The predicted octanol–water partition coefficient (Wildman–Crippen LogP) is 3.63. The summed E-state index contributed by atoms with van der Waals surface area (Å²) < 4.78 is 35.8. The maximum absolute atomic E-state index is 13.2. The first-order valence-electron chi connectivity index (χ1n) is 10.3. The summed E-state index contributed by atoms with van der Waals surface area (Å²) in [5.41, 5.74) is 0.753. The van der Waals surface area contributed by atoms with Crippen LogP contribution in [-0.2, 0) is 16.4 Å². The zero-order valence-corrected chi connectivity index (χ0v) is 20.3. The second-order valence-electron chi connectivity index (χ2n) is 7.86. The Bertz CT molecular complexity index is 1420. The van der Waals surface area contributed by atoms with Gasteiger partial charge < -0.3 is 9.47 Å². The van der Waals surface area contributed by atoms with Crippen LogP contribution in [0.3, 0.4) is 0 Å². The highest BCUT2D eigenvalue weighted by Crippen LogP contribution is 2.41. The van der Waals surface area contributed by atoms with Crippen molar-refractivity contribution in [1.29, 1.82) is 0 Å². The minimum atomic E-state index is -3.69. The number of rotatable bonds is 9. The molecule has 2 amide bonds. The van der Waals surface area contributed by atoms with Gasteiger partial charge in [-0.1, -0.05) is 47.7 Å². The highest BCUT2D eigenvalue weighted by atomic mass is 32.2. The number of carbonyl (C=O) groups excluding carboxylic acids is 2. The average molecular weight is 517 g/mol. The Hall–Kier alpha value is -3.77.